The molecule has 0 saturated heterocycles. The molecule has 0 amide bonds. The molecule has 5 rings (SSSR count). The predicted octanol–water partition coefficient (Wildman–Crippen LogP) is 7.12. The van der Waals surface area contributed by atoms with Crippen LogP contribution in [0.2, 0.25) is 5.31 Å². The Morgan fingerprint density at radius 1 is 1.03 bits per heavy atom. The molecule has 0 bridgehead atoms. The standard InChI is InChI=1S/C29H32BO3/c1-27(2,31)28(3,4)33-30-29(5)18-17-19(20-11-6-8-14-23(20)29)21-13-10-16-25-26(21)22-12-7-9-15-24(22)32-25/h7-10,12-17,31H,6,11,18H2,1-5H3/p+1. The van der Waals surface area contributed by atoms with E-state index in [2.05, 4.69) is 55.5 Å². The highest BCUT2D eigenvalue weighted by molar-refractivity contribution is 6.34. The number of benzene rings is 2. The van der Waals surface area contributed by atoms with Crippen LogP contribution >= 0.6 is 0 Å². The summed E-state index contributed by atoms with van der Waals surface area (Å²) in [6, 6.07) is 14.7. The van der Waals surface area contributed by atoms with Crippen LogP contribution in [-0.2, 0) is 4.65 Å². The summed E-state index contributed by atoms with van der Waals surface area (Å²) in [5.74, 6) is 0. The zero-order valence-corrected chi connectivity index (χ0v) is 20.3. The number of allylic oxidation sites excluding steroid dienone is 6. The number of rotatable bonds is 5. The molecule has 0 saturated carbocycles. The Bertz CT molecular complexity index is 1320. The fourth-order valence-corrected chi connectivity index (χ4v) is 4.83. The van der Waals surface area contributed by atoms with Crippen molar-refractivity contribution in [1.82, 2.24) is 0 Å². The van der Waals surface area contributed by atoms with Crippen molar-refractivity contribution in [2.24, 2.45) is 0 Å². The van der Waals surface area contributed by atoms with Gasteiger partial charge in [-0.25, -0.2) is 0 Å². The first-order chi connectivity index (χ1) is 15.6. The molecule has 0 aliphatic heterocycles. The Morgan fingerprint density at radius 3 is 2.58 bits per heavy atom. The van der Waals surface area contributed by atoms with Gasteiger partial charge in [-0.3, -0.25) is 0 Å². The maximum absolute atomic E-state index is 8.48. The van der Waals surface area contributed by atoms with Gasteiger partial charge in [0.2, 0.25) is 0 Å². The van der Waals surface area contributed by atoms with Crippen molar-refractivity contribution in [3.05, 3.63) is 77.4 Å². The van der Waals surface area contributed by atoms with Crippen molar-refractivity contribution in [3.8, 4) is 0 Å². The first-order valence-corrected chi connectivity index (χ1v) is 11.9. The second kappa shape index (κ2) is 7.75. The van der Waals surface area contributed by atoms with Crippen molar-refractivity contribution in [2.45, 2.75) is 70.4 Å². The maximum Gasteiger partial charge on any atom is 0.305 e. The maximum atomic E-state index is 8.48. The Labute approximate surface area is 197 Å². The summed E-state index contributed by atoms with van der Waals surface area (Å²) in [4.78, 5) is 0. The summed E-state index contributed by atoms with van der Waals surface area (Å²) >= 11 is 0. The molecule has 169 valence electrons. The molecule has 1 radical (unpaired) electrons. The predicted molar refractivity (Wildman–Crippen MR) is 139 cm³/mol. The molecular weight excluding hydrogens is 407 g/mol. The van der Waals surface area contributed by atoms with Crippen LogP contribution in [0.5, 0.6) is 0 Å². The Morgan fingerprint density at radius 2 is 1.79 bits per heavy atom. The molecule has 4 heteroatoms. The molecule has 3 nitrogen and oxygen atoms in total. The van der Waals surface area contributed by atoms with Gasteiger partial charge in [-0.2, -0.15) is 0 Å². The van der Waals surface area contributed by atoms with E-state index in [1.165, 1.54) is 33.1 Å². The van der Waals surface area contributed by atoms with Gasteiger partial charge in [0.15, 0.2) is 5.60 Å². The topological polar surface area (TPSA) is 45.3 Å². The van der Waals surface area contributed by atoms with E-state index >= 15 is 0 Å². The van der Waals surface area contributed by atoms with Gasteiger partial charge in [-0.05, 0) is 72.8 Å². The Hall–Kier alpha value is -2.56. The summed E-state index contributed by atoms with van der Waals surface area (Å²) in [5, 5.41) is 10.6. The lowest BCUT2D eigenvalue weighted by Crippen LogP contribution is -2.49. The van der Waals surface area contributed by atoms with Crippen LogP contribution in [0, 0.1) is 0 Å². The van der Waals surface area contributed by atoms with Crippen molar-refractivity contribution in [2.75, 3.05) is 0 Å². The fraction of sp³-hybridized carbons (Fsp3) is 0.379. The van der Waals surface area contributed by atoms with Crippen LogP contribution in [-0.4, -0.2) is 23.8 Å². The van der Waals surface area contributed by atoms with Crippen LogP contribution in [0.4, 0.5) is 0 Å². The molecule has 3 aromatic rings. The van der Waals surface area contributed by atoms with E-state index in [0.717, 1.165) is 30.4 Å². The minimum atomic E-state index is -0.701. The molecule has 2 aliphatic carbocycles. The van der Waals surface area contributed by atoms with Gasteiger partial charge in [-0.15, -0.1) is 0 Å². The third-order valence-electron chi connectivity index (χ3n) is 7.65. The summed E-state index contributed by atoms with van der Waals surface area (Å²) in [7, 11) is 2.00. The number of hydrogen-bond acceptors (Lipinski definition) is 2. The van der Waals surface area contributed by atoms with Crippen LogP contribution in [0.3, 0.4) is 0 Å². The first-order valence-electron chi connectivity index (χ1n) is 11.9. The third-order valence-corrected chi connectivity index (χ3v) is 7.65. The second-order valence-corrected chi connectivity index (χ2v) is 10.7. The summed E-state index contributed by atoms with van der Waals surface area (Å²) in [5.41, 5.74) is 5.87. The molecule has 2 N–H and O–H groups in total. The van der Waals surface area contributed by atoms with Gasteiger partial charge in [0.05, 0.1) is 0 Å². The van der Waals surface area contributed by atoms with Gasteiger partial charge in [0, 0.05) is 24.6 Å². The highest BCUT2D eigenvalue weighted by Gasteiger charge is 2.44. The highest BCUT2D eigenvalue weighted by Crippen LogP contribution is 2.52. The van der Waals surface area contributed by atoms with Crippen LogP contribution in [0.1, 0.15) is 59.4 Å². The minimum absolute atomic E-state index is 0.232. The SMILES string of the molecule is CC1([B]OC(C)(C)C(C)(C)[OH2+])CC=C(c2cccc3oc4ccccc4c23)C2=C1C=CCC2. The monoisotopic (exact) mass is 440 g/mol. The number of fused-ring (bicyclic) bond motifs is 3. The van der Waals surface area contributed by atoms with E-state index < -0.39 is 11.2 Å². The molecule has 1 atom stereocenters. The van der Waals surface area contributed by atoms with Crippen LogP contribution < -0.4 is 0 Å². The van der Waals surface area contributed by atoms with Crippen molar-refractivity contribution in [1.29, 1.82) is 0 Å². The van der Waals surface area contributed by atoms with E-state index in [0.29, 0.717) is 0 Å². The summed E-state index contributed by atoms with van der Waals surface area (Å²) in [6.07, 6.45) is 9.86. The lowest BCUT2D eigenvalue weighted by Gasteiger charge is -2.41. The number of furan rings is 1. The average molecular weight is 440 g/mol. The van der Waals surface area contributed by atoms with Gasteiger partial charge in [-0.1, -0.05) is 55.5 Å². The smallest absolute Gasteiger partial charge is 0.305 e. The zero-order valence-electron chi connectivity index (χ0n) is 20.3. The van der Waals surface area contributed by atoms with E-state index in [4.69, 9.17) is 14.2 Å². The molecule has 33 heavy (non-hydrogen) atoms. The van der Waals surface area contributed by atoms with Crippen molar-refractivity contribution < 1.29 is 14.2 Å². The van der Waals surface area contributed by atoms with E-state index in [-0.39, 0.29) is 5.31 Å². The van der Waals surface area contributed by atoms with Gasteiger partial charge < -0.3 is 14.2 Å². The molecular formula is C29H33BO3+. The third kappa shape index (κ3) is 3.70. The largest absolute Gasteiger partial charge is 0.456 e. The zero-order chi connectivity index (χ0) is 23.4. The van der Waals surface area contributed by atoms with Gasteiger partial charge in [0.1, 0.15) is 16.8 Å². The molecule has 1 heterocycles. The summed E-state index contributed by atoms with van der Waals surface area (Å²) < 4.78 is 12.5. The van der Waals surface area contributed by atoms with Gasteiger partial charge in [0.25, 0.3) is 0 Å². The number of para-hydroxylation sites is 1. The van der Waals surface area contributed by atoms with E-state index in [1.807, 2.05) is 47.3 Å². The van der Waals surface area contributed by atoms with E-state index in [9.17, 15) is 0 Å². The molecule has 0 spiro atoms. The lowest BCUT2D eigenvalue weighted by atomic mass is 9.53. The van der Waals surface area contributed by atoms with Crippen LogP contribution in [0.15, 0.2) is 76.3 Å². The molecule has 1 unspecified atom stereocenters. The first kappa shape index (κ1) is 22.2. The lowest BCUT2D eigenvalue weighted by molar-refractivity contribution is -0.0916. The highest BCUT2D eigenvalue weighted by atomic mass is 16.5. The van der Waals surface area contributed by atoms with Crippen molar-refractivity contribution >= 4 is 35.0 Å². The number of hydrogen-bond donors (Lipinski definition) is 0. The molecule has 0 fully saturated rings. The van der Waals surface area contributed by atoms with E-state index in [1.54, 1.807) is 0 Å². The minimum Gasteiger partial charge on any atom is -0.456 e. The Balaban J connectivity index is 1.58. The quantitative estimate of drug-likeness (QED) is 0.313. The fourth-order valence-electron chi connectivity index (χ4n) is 4.83. The van der Waals surface area contributed by atoms with Crippen LogP contribution in [0.25, 0.3) is 27.5 Å². The summed E-state index contributed by atoms with van der Waals surface area (Å²) in [6.45, 7) is 10.1. The molecule has 2 aliphatic rings. The normalized spacial score (nSPS) is 21.5. The Kier molecular flexibility index (Phi) is 5.22. The second-order valence-electron chi connectivity index (χ2n) is 10.7. The molecule has 1 aromatic heterocycles. The average Bonchev–Trinajstić information content (AvgIpc) is 3.17. The van der Waals surface area contributed by atoms with Crippen molar-refractivity contribution in [3.63, 3.8) is 0 Å². The molecule has 2 aromatic carbocycles. The van der Waals surface area contributed by atoms with Gasteiger partial charge >= 0.3 is 7.48 Å².